The lowest BCUT2D eigenvalue weighted by Gasteiger charge is -2.32. The SMILES string of the molecule is CCCN1CCC(NC(=O)c2ccc(N3CCCCCC3)c([N+](=O)[O-])c2)CC1. The number of carbonyl (C=O) groups excluding carboxylic acids is 1. The number of benzene rings is 1. The quantitative estimate of drug-likeness (QED) is 0.595. The molecule has 7 nitrogen and oxygen atoms in total. The van der Waals surface area contributed by atoms with Gasteiger partial charge in [-0.1, -0.05) is 19.8 Å². The van der Waals surface area contributed by atoms with Crippen molar-refractivity contribution in [3.8, 4) is 0 Å². The Labute approximate surface area is 167 Å². The maximum absolute atomic E-state index is 12.7. The number of carbonyl (C=O) groups is 1. The summed E-state index contributed by atoms with van der Waals surface area (Å²) in [6.07, 6.45) is 7.44. The molecule has 1 aromatic rings. The van der Waals surface area contributed by atoms with E-state index in [9.17, 15) is 14.9 Å². The number of likely N-dealkylation sites (tertiary alicyclic amines) is 1. The van der Waals surface area contributed by atoms with Crippen molar-refractivity contribution < 1.29 is 9.72 Å². The summed E-state index contributed by atoms with van der Waals surface area (Å²) in [6, 6.07) is 5.07. The number of rotatable bonds is 6. The van der Waals surface area contributed by atoms with Crippen LogP contribution in [0.15, 0.2) is 18.2 Å². The normalized spacial score (nSPS) is 19.2. The third-order valence-electron chi connectivity index (χ3n) is 5.84. The molecule has 0 aromatic heterocycles. The smallest absolute Gasteiger partial charge is 0.293 e. The first-order chi connectivity index (χ1) is 13.6. The van der Waals surface area contributed by atoms with Crippen molar-refractivity contribution in [2.24, 2.45) is 0 Å². The van der Waals surface area contributed by atoms with E-state index < -0.39 is 0 Å². The van der Waals surface area contributed by atoms with Gasteiger partial charge in [-0.05, 0) is 50.8 Å². The zero-order valence-corrected chi connectivity index (χ0v) is 16.9. The largest absolute Gasteiger partial charge is 0.366 e. The van der Waals surface area contributed by atoms with Gasteiger partial charge in [0.2, 0.25) is 0 Å². The van der Waals surface area contributed by atoms with Crippen LogP contribution in [-0.2, 0) is 0 Å². The third kappa shape index (κ3) is 5.22. The highest BCUT2D eigenvalue weighted by atomic mass is 16.6. The van der Waals surface area contributed by atoms with E-state index in [2.05, 4.69) is 22.0 Å². The van der Waals surface area contributed by atoms with Crippen LogP contribution in [0.2, 0.25) is 0 Å². The topological polar surface area (TPSA) is 78.7 Å². The van der Waals surface area contributed by atoms with Crippen molar-refractivity contribution in [1.29, 1.82) is 0 Å². The molecule has 3 rings (SSSR count). The Hall–Kier alpha value is -2.15. The molecular formula is C21H32N4O3. The van der Waals surface area contributed by atoms with E-state index in [-0.39, 0.29) is 22.6 Å². The van der Waals surface area contributed by atoms with Gasteiger partial charge in [0.1, 0.15) is 5.69 Å². The summed E-state index contributed by atoms with van der Waals surface area (Å²) in [5.74, 6) is -0.209. The zero-order valence-electron chi connectivity index (χ0n) is 16.9. The zero-order chi connectivity index (χ0) is 19.9. The van der Waals surface area contributed by atoms with Gasteiger partial charge in [0.25, 0.3) is 11.6 Å². The van der Waals surface area contributed by atoms with Gasteiger partial charge in [-0.25, -0.2) is 0 Å². The number of anilines is 1. The van der Waals surface area contributed by atoms with Gasteiger partial charge in [0.15, 0.2) is 0 Å². The molecule has 0 bridgehead atoms. The standard InChI is InChI=1S/C21H32N4O3/c1-2-11-23-14-9-18(10-15-23)22-21(26)17-7-8-19(20(16-17)25(27)28)24-12-5-3-4-6-13-24/h7-8,16,18H,2-6,9-15H2,1H3,(H,22,26). The first-order valence-corrected chi connectivity index (χ1v) is 10.6. The molecule has 7 heteroatoms. The molecule has 2 aliphatic heterocycles. The molecule has 154 valence electrons. The molecule has 0 unspecified atom stereocenters. The molecule has 0 aliphatic carbocycles. The number of amides is 1. The number of hydrogen-bond donors (Lipinski definition) is 1. The van der Waals surface area contributed by atoms with Crippen LogP contribution in [0, 0.1) is 10.1 Å². The molecule has 2 heterocycles. The predicted octanol–water partition coefficient (Wildman–Crippen LogP) is 3.58. The maximum atomic E-state index is 12.7. The third-order valence-corrected chi connectivity index (χ3v) is 5.84. The van der Waals surface area contributed by atoms with Gasteiger partial charge in [-0.2, -0.15) is 0 Å². The van der Waals surface area contributed by atoms with E-state index in [4.69, 9.17) is 0 Å². The average Bonchev–Trinajstić information content (AvgIpc) is 2.98. The molecule has 0 spiro atoms. The summed E-state index contributed by atoms with van der Waals surface area (Å²) in [6.45, 7) is 6.94. The van der Waals surface area contributed by atoms with Gasteiger partial charge < -0.3 is 15.1 Å². The second-order valence-electron chi connectivity index (χ2n) is 7.95. The Bertz CT molecular complexity index is 678. The van der Waals surface area contributed by atoms with Crippen LogP contribution in [-0.4, -0.2) is 54.5 Å². The van der Waals surface area contributed by atoms with Crippen LogP contribution in [0.25, 0.3) is 0 Å². The van der Waals surface area contributed by atoms with Gasteiger partial charge in [0.05, 0.1) is 4.92 Å². The molecule has 2 aliphatic rings. The minimum Gasteiger partial charge on any atom is -0.366 e. The lowest BCUT2D eigenvalue weighted by molar-refractivity contribution is -0.384. The summed E-state index contributed by atoms with van der Waals surface area (Å²) in [4.78, 5) is 28.5. The highest BCUT2D eigenvalue weighted by Crippen LogP contribution is 2.31. The lowest BCUT2D eigenvalue weighted by atomic mass is 10.0. The number of nitrogens with zero attached hydrogens (tertiary/aromatic N) is 3. The number of nitrogens with one attached hydrogen (secondary N) is 1. The number of piperidine rings is 1. The number of nitro groups is 1. The first kappa shape index (κ1) is 20.6. The fourth-order valence-electron chi connectivity index (χ4n) is 4.28. The predicted molar refractivity (Wildman–Crippen MR) is 111 cm³/mol. The van der Waals surface area contributed by atoms with E-state index >= 15 is 0 Å². The number of nitro benzene ring substituents is 1. The van der Waals surface area contributed by atoms with Gasteiger partial charge in [0, 0.05) is 43.9 Å². The van der Waals surface area contributed by atoms with Crippen molar-refractivity contribution in [3.05, 3.63) is 33.9 Å². The van der Waals surface area contributed by atoms with Gasteiger partial charge in [-0.3, -0.25) is 14.9 Å². The van der Waals surface area contributed by atoms with Crippen molar-refractivity contribution in [1.82, 2.24) is 10.2 Å². The summed E-state index contributed by atoms with van der Waals surface area (Å²) < 4.78 is 0. The Morgan fingerprint density at radius 2 is 1.82 bits per heavy atom. The summed E-state index contributed by atoms with van der Waals surface area (Å²) >= 11 is 0. The van der Waals surface area contributed by atoms with Crippen molar-refractivity contribution in [3.63, 3.8) is 0 Å². The van der Waals surface area contributed by atoms with Crippen molar-refractivity contribution in [2.45, 2.75) is 57.9 Å². The second kappa shape index (κ2) is 9.87. The summed E-state index contributed by atoms with van der Waals surface area (Å²) in [5, 5.41) is 14.7. The van der Waals surface area contributed by atoms with Crippen LogP contribution in [0.1, 0.15) is 62.2 Å². The van der Waals surface area contributed by atoms with Crippen molar-refractivity contribution in [2.75, 3.05) is 37.6 Å². The molecule has 1 amide bonds. The van der Waals surface area contributed by atoms with Gasteiger partial charge in [-0.15, -0.1) is 0 Å². The molecule has 1 N–H and O–H groups in total. The van der Waals surface area contributed by atoms with Crippen LogP contribution in [0.3, 0.4) is 0 Å². The van der Waals surface area contributed by atoms with Gasteiger partial charge >= 0.3 is 0 Å². The van der Waals surface area contributed by atoms with E-state index in [1.807, 2.05) is 0 Å². The van der Waals surface area contributed by atoms with E-state index in [1.54, 1.807) is 12.1 Å². The number of hydrogen-bond acceptors (Lipinski definition) is 5. The Morgan fingerprint density at radius 3 is 2.43 bits per heavy atom. The Kier molecular flexibility index (Phi) is 7.25. The Morgan fingerprint density at radius 1 is 1.14 bits per heavy atom. The molecule has 28 heavy (non-hydrogen) atoms. The molecule has 2 fully saturated rings. The molecule has 0 atom stereocenters. The van der Waals surface area contributed by atoms with E-state index in [0.717, 1.165) is 64.8 Å². The Balaban J connectivity index is 1.67. The van der Waals surface area contributed by atoms with Crippen LogP contribution in [0.5, 0.6) is 0 Å². The van der Waals surface area contributed by atoms with Crippen LogP contribution >= 0.6 is 0 Å². The fourth-order valence-corrected chi connectivity index (χ4v) is 4.28. The van der Waals surface area contributed by atoms with E-state index in [1.165, 1.54) is 18.9 Å². The van der Waals surface area contributed by atoms with E-state index in [0.29, 0.717) is 11.3 Å². The molecular weight excluding hydrogens is 356 g/mol. The monoisotopic (exact) mass is 388 g/mol. The molecule has 0 radical (unpaired) electrons. The highest BCUT2D eigenvalue weighted by molar-refractivity contribution is 5.96. The lowest BCUT2D eigenvalue weighted by Crippen LogP contribution is -2.44. The summed E-state index contributed by atoms with van der Waals surface area (Å²) in [7, 11) is 0. The minimum atomic E-state index is -0.361. The minimum absolute atomic E-state index is 0.0346. The van der Waals surface area contributed by atoms with Crippen LogP contribution < -0.4 is 10.2 Å². The van der Waals surface area contributed by atoms with Crippen LogP contribution in [0.4, 0.5) is 11.4 Å². The molecule has 2 saturated heterocycles. The fraction of sp³-hybridized carbons (Fsp3) is 0.667. The maximum Gasteiger partial charge on any atom is 0.293 e. The summed E-state index contributed by atoms with van der Waals surface area (Å²) in [5.41, 5.74) is 1.05. The second-order valence-corrected chi connectivity index (χ2v) is 7.95. The molecule has 1 aromatic carbocycles. The first-order valence-electron chi connectivity index (χ1n) is 10.6. The molecule has 0 saturated carbocycles. The average molecular weight is 389 g/mol. The highest BCUT2D eigenvalue weighted by Gasteiger charge is 2.25. The van der Waals surface area contributed by atoms with Crippen molar-refractivity contribution >= 4 is 17.3 Å².